The molecule has 5 rings (SSSR count). The molecule has 0 saturated carbocycles. The molecule has 0 spiro atoms. The van der Waals surface area contributed by atoms with Gasteiger partial charge in [-0.25, -0.2) is 18.4 Å². The number of thiazole rings is 1. The summed E-state index contributed by atoms with van der Waals surface area (Å²) in [5.41, 5.74) is 9.90. The van der Waals surface area contributed by atoms with Crippen LogP contribution in [0.1, 0.15) is 12.8 Å². The van der Waals surface area contributed by atoms with Crippen LogP contribution in [0.3, 0.4) is 0 Å². The van der Waals surface area contributed by atoms with E-state index in [9.17, 15) is 8.42 Å². The van der Waals surface area contributed by atoms with Crippen LogP contribution in [0, 0.1) is 0 Å². The van der Waals surface area contributed by atoms with Crippen molar-refractivity contribution in [3.05, 3.63) is 35.2 Å². The third-order valence-corrected chi connectivity index (χ3v) is 7.96. The minimum Gasteiger partial charge on any atom is -0.382 e. The summed E-state index contributed by atoms with van der Waals surface area (Å²) >= 11 is 1.46. The Kier molecular flexibility index (Phi) is 5.74. The maximum absolute atomic E-state index is 11.9. The summed E-state index contributed by atoms with van der Waals surface area (Å²) in [7, 11) is 0.832. The van der Waals surface area contributed by atoms with Crippen molar-refractivity contribution < 1.29 is 8.42 Å². The van der Waals surface area contributed by atoms with Crippen molar-refractivity contribution in [3.8, 4) is 17.2 Å². The van der Waals surface area contributed by atoms with Crippen LogP contribution in [0.4, 0.5) is 11.8 Å². The van der Waals surface area contributed by atoms with E-state index in [1.54, 1.807) is 29.8 Å². The SMILES string of the molecule is CN1CCC(N(C)c2nc(N)c3nc(-c4ccc(S(C)(=O)=O)cc4)n(-c4cscn4)c3n2)CC1. The first-order valence-electron chi connectivity index (χ1n) is 10.9. The molecule has 1 saturated heterocycles. The monoisotopic (exact) mass is 498 g/mol. The number of nitrogens with two attached hydrogens (primary N) is 1. The summed E-state index contributed by atoms with van der Waals surface area (Å²) in [6.07, 6.45) is 3.24. The van der Waals surface area contributed by atoms with Crippen LogP contribution >= 0.6 is 11.3 Å². The lowest BCUT2D eigenvalue weighted by molar-refractivity contribution is 0.252. The van der Waals surface area contributed by atoms with Crippen molar-refractivity contribution in [2.45, 2.75) is 23.8 Å². The third kappa shape index (κ3) is 4.12. The fraction of sp³-hybridized carbons (Fsp3) is 0.364. The normalized spacial score (nSPS) is 15.7. The first kappa shape index (κ1) is 22.7. The van der Waals surface area contributed by atoms with Crippen LogP contribution in [-0.4, -0.2) is 77.3 Å². The zero-order valence-electron chi connectivity index (χ0n) is 19.2. The molecule has 178 valence electrons. The summed E-state index contributed by atoms with van der Waals surface area (Å²) in [4.78, 5) is 23.4. The number of benzene rings is 1. The molecule has 0 radical (unpaired) electrons. The molecule has 0 bridgehead atoms. The molecule has 0 unspecified atom stereocenters. The standard InChI is InChI=1S/C22H26N8O2S2/c1-28-10-8-15(9-11-28)29(2)22-26-19(23)18-21(27-22)30(17-12-33-13-24-17)20(25-18)14-4-6-16(7-5-14)34(3,31)32/h4-7,12-13,15H,8-11H2,1-3H3,(H2,23,26,27). The molecular formula is C22H26N8O2S2. The second-order valence-electron chi connectivity index (χ2n) is 8.64. The Balaban J connectivity index is 1.64. The smallest absolute Gasteiger partial charge is 0.229 e. The quantitative estimate of drug-likeness (QED) is 0.442. The highest BCUT2D eigenvalue weighted by Crippen LogP contribution is 2.32. The molecule has 3 aromatic heterocycles. The fourth-order valence-electron chi connectivity index (χ4n) is 4.25. The van der Waals surface area contributed by atoms with Crippen LogP contribution in [0.2, 0.25) is 0 Å². The van der Waals surface area contributed by atoms with Crippen molar-refractivity contribution in [2.75, 3.05) is 44.1 Å². The lowest BCUT2D eigenvalue weighted by atomic mass is 10.0. The van der Waals surface area contributed by atoms with Crippen molar-refractivity contribution in [1.82, 2.24) is 29.4 Å². The number of rotatable bonds is 5. The highest BCUT2D eigenvalue weighted by Gasteiger charge is 2.26. The van der Waals surface area contributed by atoms with E-state index < -0.39 is 9.84 Å². The number of nitrogens with zero attached hydrogens (tertiary/aromatic N) is 7. The van der Waals surface area contributed by atoms with Gasteiger partial charge in [0.25, 0.3) is 0 Å². The Bertz CT molecular complexity index is 1420. The van der Waals surface area contributed by atoms with E-state index in [-0.39, 0.29) is 4.90 Å². The van der Waals surface area contributed by atoms with Gasteiger partial charge >= 0.3 is 0 Å². The van der Waals surface area contributed by atoms with Crippen LogP contribution in [0.25, 0.3) is 28.4 Å². The minimum absolute atomic E-state index is 0.244. The summed E-state index contributed by atoms with van der Waals surface area (Å²) in [5, 5.41) is 1.91. The van der Waals surface area contributed by atoms with Gasteiger partial charge in [0.2, 0.25) is 5.95 Å². The van der Waals surface area contributed by atoms with E-state index in [0.29, 0.717) is 40.6 Å². The fourth-order valence-corrected chi connectivity index (χ4v) is 5.40. The Labute approximate surface area is 202 Å². The van der Waals surface area contributed by atoms with Crippen LogP contribution in [-0.2, 0) is 9.84 Å². The average Bonchev–Trinajstić information content (AvgIpc) is 3.46. The average molecular weight is 499 g/mol. The largest absolute Gasteiger partial charge is 0.382 e. The van der Waals surface area contributed by atoms with Gasteiger partial charge in [-0.15, -0.1) is 11.3 Å². The van der Waals surface area contributed by atoms with E-state index in [1.165, 1.54) is 17.6 Å². The topological polar surface area (TPSA) is 123 Å². The molecule has 12 heteroatoms. The number of fused-ring (bicyclic) bond motifs is 1. The molecule has 0 atom stereocenters. The molecule has 0 aliphatic carbocycles. The first-order chi connectivity index (χ1) is 16.2. The van der Waals surface area contributed by atoms with E-state index >= 15 is 0 Å². The number of likely N-dealkylation sites (tertiary alicyclic amines) is 1. The van der Waals surface area contributed by atoms with Gasteiger partial charge in [-0.2, -0.15) is 9.97 Å². The van der Waals surface area contributed by atoms with Gasteiger partial charge in [-0.1, -0.05) is 0 Å². The van der Waals surface area contributed by atoms with Crippen molar-refractivity contribution in [3.63, 3.8) is 0 Å². The van der Waals surface area contributed by atoms with E-state index in [0.717, 1.165) is 31.5 Å². The van der Waals surface area contributed by atoms with E-state index in [1.807, 2.05) is 17.0 Å². The number of piperidine rings is 1. The molecular weight excluding hydrogens is 472 g/mol. The van der Waals surface area contributed by atoms with Crippen molar-refractivity contribution >= 4 is 44.1 Å². The summed E-state index contributed by atoms with van der Waals surface area (Å²) < 4.78 is 25.6. The Morgan fingerprint density at radius 1 is 1.12 bits per heavy atom. The van der Waals surface area contributed by atoms with E-state index in [2.05, 4.69) is 26.8 Å². The number of hydrogen-bond donors (Lipinski definition) is 1. The van der Waals surface area contributed by atoms with Gasteiger partial charge in [0.05, 0.1) is 10.4 Å². The first-order valence-corrected chi connectivity index (χ1v) is 13.7. The molecule has 2 N–H and O–H groups in total. The zero-order chi connectivity index (χ0) is 24.0. The number of aromatic nitrogens is 5. The van der Waals surface area contributed by atoms with Crippen LogP contribution in [0.5, 0.6) is 0 Å². The highest BCUT2D eigenvalue weighted by atomic mass is 32.2. The molecule has 1 aliphatic rings. The molecule has 1 aromatic carbocycles. The van der Waals surface area contributed by atoms with Gasteiger partial charge in [0.1, 0.15) is 5.82 Å². The highest BCUT2D eigenvalue weighted by molar-refractivity contribution is 7.90. The second kappa shape index (κ2) is 8.60. The van der Waals surface area contributed by atoms with Gasteiger partial charge in [0.15, 0.2) is 32.6 Å². The van der Waals surface area contributed by atoms with Crippen LogP contribution in [0.15, 0.2) is 40.1 Å². The molecule has 34 heavy (non-hydrogen) atoms. The van der Waals surface area contributed by atoms with Crippen molar-refractivity contribution in [1.29, 1.82) is 0 Å². The van der Waals surface area contributed by atoms with Crippen molar-refractivity contribution in [2.24, 2.45) is 0 Å². The predicted octanol–water partition coefficient (Wildman–Crippen LogP) is 2.46. The lowest BCUT2D eigenvalue weighted by Gasteiger charge is -2.35. The minimum atomic E-state index is -3.30. The molecule has 4 aromatic rings. The molecule has 1 fully saturated rings. The Morgan fingerprint density at radius 2 is 1.82 bits per heavy atom. The summed E-state index contributed by atoms with van der Waals surface area (Å²) in [5.74, 6) is 2.08. The van der Waals surface area contributed by atoms with Gasteiger partial charge in [0, 0.05) is 30.3 Å². The maximum Gasteiger partial charge on any atom is 0.229 e. The van der Waals surface area contributed by atoms with Crippen LogP contribution < -0.4 is 10.6 Å². The summed E-state index contributed by atoms with van der Waals surface area (Å²) in [6, 6.07) is 6.94. The molecule has 4 heterocycles. The number of sulfone groups is 1. The lowest BCUT2D eigenvalue weighted by Crippen LogP contribution is -2.42. The number of anilines is 2. The predicted molar refractivity (Wildman–Crippen MR) is 134 cm³/mol. The van der Waals surface area contributed by atoms with Gasteiger partial charge < -0.3 is 15.5 Å². The number of imidazole rings is 1. The molecule has 10 nitrogen and oxygen atoms in total. The Hall–Kier alpha value is -3.09. The van der Waals surface area contributed by atoms with Gasteiger partial charge in [-0.05, 0) is 57.2 Å². The zero-order valence-corrected chi connectivity index (χ0v) is 20.8. The Morgan fingerprint density at radius 3 is 2.44 bits per heavy atom. The number of hydrogen-bond acceptors (Lipinski definition) is 10. The van der Waals surface area contributed by atoms with Gasteiger partial charge in [-0.3, -0.25) is 4.57 Å². The second-order valence-corrected chi connectivity index (χ2v) is 11.4. The maximum atomic E-state index is 11.9. The summed E-state index contributed by atoms with van der Waals surface area (Å²) in [6.45, 7) is 2.05. The molecule has 1 aliphatic heterocycles. The molecule has 0 amide bonds. The number of nitrogen functional groups attached to an aromatic ring is 1. The van der Waals surface area contributed by atoms with E-state index in [4.69, 9.17) is 15.7 Å². The third-order valence-electron chi connectivity index (χ3n) is 6.26.